The Bertz CT molecular complexity index is 904. The highest BCUT2D eigenvalue weighted by Gasteiger charge is 2.33. The Morgan fingerprint density at radius 1 is 1.03 bits per heavy atom. The van der Waals surface area contributed by atoms with Crippen molar-refractivity contribution in [1.29, 1.82) is 0 Å². The van der Waals surface area contributed by atoms with E-state index in [1.54, 1.807) is 4.90 Å². The van der Waals surface area contributed by atoms with E-state index >= 15 is 0 Å². The molecule has 0 aliphatic carbocycles. The van der Waals surface area contributed by atoms with Gasteiger partial charge >= 0.3 is 6.03 Å². The molecule has 1 N–H and O–H groups in total. The zero-order valence-electron chi connectivity index (χ0n) is 17.9. The van der Waals surface area contributed by atoms with Crippen LogP contribution in [0.2, 0.25) is 0 Å². The molecule has 4 rings (SSSR count). The molecule has 0 bridgehead atoms. The number of nitrogens with zero attached hydrogens (tertiary/aromatic N) is 2. The van der Waals surface area contributed by atoms with E-state index in [1.165, 1.54) is 16.7 Å². The lowest BCUT2D eigenvalue weighted by Crippen LogP contribution is -2.48. The molecule has 1 atom stereocenters. The summed E-state index contributed by atoms with van der Waals surface area (Å²) in [5, 5.41) is 3.09. The minimum Gasteiger partial charge on any atom is -0.333 e. The topological polar surface area (TPSA) is 52.7 Å². The number of hydrogen-bond donors (Lipinski definition) is 1. The van der Waals surface area contributed by atoms with Crippen molar-refractivity contribution in [1.82, 2.24) is 10.2 Å². The van der Waals surface area contributed by atoms with Crippen LogP contribution in [0, 0.1) is 19.8 Å². The van der Waals surface area contributed by atoms with Gasteiger partial charge in [0.15, 0.2) is 0 Å². The standard InChI is InChI=1S/C25H31N3O2/c1-18-8-9-23(14-19(18)2)28-17-22(16-24(28)29)26-25(30)27-12-10-21(11-13-27)15-20-6-4-3-5-7-20/h3-9,14,21-22H,10-13,15-17H2,1-2H3,(H,26,30)/t22-/m1/s1. The smallest absolute Gasteiger partial charge is 0.317 e. The van der Waals surface area contributed by atoms with E-state index in [9.17, 15) is 9.59 Å². The van der Waals surface area contributed by atoms with Crippen molar-refractivity contribution in [2.24, 2.45) is 5.92 Å². The number of nitrogens with one attached hydrogen (secondary N) is 1. The van der Waals surface area contributed by atoms with Gasteiger partial charge in [0.1, 0.15) is 0 Å². The zero-order valence-corrected chi connectivity index (χ0v) is 17.9. The van der Waals surface area contributed by atoms with Crippen molar-refractivity contribution in [3.63, 3.8) is 0 Å². The number of rotatable bonds is 4. The molecule has 2 heterocycles. The maximum Gasteiger partial charge on any atom is 0.317 e. The van der Waals surface area contributed by atoms with Gasteiger partial charge in [-0.05, 0) is 67.9 Å². The van der Waals surface area contributed by atoms with Gasteiger partial charge in [-0.3, -0.25) is 4.79 Å². The van der Waals surface area contributed by atoms with Crippen LogP contribution in [0.25, 0.3) is 0 Å². The molecule has 2 fully saturated rings. The highest BCUT2D eigenvalue weighted by Crippen LogP contribution is 2.25. The predicted octanol–water partition coefficient (Wildman–Crippen LogP) is 4.07. The largest absolute Gasteiger partial charge is 0.333 e. The first-order valence-electron chi connectivity index (χ1n) is 11.0. The van der Waals surface area contributed by atoms with Crippen molar-refractivity contribution in [2.75, 3.05) is 24.5 Å². The van der Waals surface area contributed by atoms with E-state index in [2.05, 4.69) is 49.5 Å². The molecule has 30 heavy (non-hydrogen) atoms. The van der Waals surface area contributed by atoms with Gasteiger partial charge in [0.2, 0.25) is 5.91 Å². The summed E-state index contributed by atoms with van der Waals surface area (Å²) in [5.41, 5.74) is 4.68. The van der Waals surface area contributed by atoms with Gasteiger partial charge in [0, 0.05) is 31.7 Å². The third-order valence-corrected chi connectivity index (χ3v) is 6.52. The van der Waals surface area contributed by atoms with Crippen LogP contribution in [0.15, 0.2) is 48.5 Å². The van der Waals surface area contributed by atoms with Crippen molar-refractivity contribution in [3.8, 4) is 0 Å². The second-order valence-electron chi connectivity index (χ2n) is 8.74. The Labute approximate surface area is 179 Å². The van der Waals surface area contributed by atoms with Crippen molar-refractivity contribution >= 4 is 17.6 Å². The van der Waals surface area contributed by atoms with Crippen LogP contribution in [0.4, 0.5) is 10.5 Å². The Balaban J connectivity index is 1.27. The minimum absolute atomic E-state index is 0.0344. The number of piperidine rings is 1. The van der Waals surface area contributed by atoms with Gasteiger partial charge in [-0.15, -0.1) is 0 Å². The summed E-state index contributed by atoms with van der Waals surface area (Å²) in [6.07, 6.45) is 3.50. The van der Waals surface area contributed by atoms with Gasteiger partial charge in [0.25, 0.3) is 0 Å². The Morgan fingerprint density at radius 2 is 1.77 bits per heavy atom. The highest BCUT2D eigenvalue weighted by molar-refractivity contribution is 5.97. The van der Waals surface area contributed by atoms with Crippen molar-refractivity contribution in [2.45, 2.75) is 45.6 Å². The molecule has 2 aromatic rings. The molecule has 0 radical (unpaired) electrons. The number of amides is 3. The molecular formula is C25H31N3O2. The maximum atomic E-state index is 12.8. The molecule has 0 spiro atoms. The second-order valence-corrected chi connectivity index (χ2v) is 8.74. The Kier molecular flexibility index (Phi) is 6.07. The molecular weight excluding hydrogens is 374 g/mol. The number of urea groups is 1. The summed E-state index contributed by atoms with van der Waals surface area (Å²) < 4.78 is 0. The quantitative estimate of drug-likeness (QED) is 0.834. The van der Waals surface area contributed by atoms with E-state index in [0.29, 0.717) is 18.9 Å². The summed E-state index contributed by atoms with van der Waals surface area (Å²) in [6, 6.07) is 16.5. The Morgan fingerprint density at radius 3 is 2.47 bits per heavy atom. The van der Waals surface area contributed by atoms with E-state index in [4.69, 9.17) is 0 Å². The van der Waals surface area contributed by atoms with Crippen LogP contribution < -0.4 is 10.2 Å². The van der Waals surface area contributed by atoms with Gasteiger partial charge in [-0.25, -0.2) is 4.79 Å². The number of likely N-dealkylation sites (tertiary alicyclic amines) is 1. The molecule has 0 saturated carbocycles. The Hall–Kier alpha value is -2.82. The third-order valence-electron chi connectivity index (χ3n) is 6.52. The number of carbonyl (C=O) groups excluding carboxylic acids is 2. The number of aryl methyl sites for hydroxylation is 2. The van der Waals surface area contributed by atoms with Gasteiger partial charge in [0.05, 0.1) is 6.04 Å². The lowest BCUT2D eigenvalue weighted by molar-refractivity contribution is -0.117. The van der Waals surface area contributed by atoms with E-state index < -0.39 is 0 Å². The fourth-order valence-corrected chi connectivity index (χ4v) is 4.50. The maximum absolute atomic E-state index is 12.8. The number of anilines is 1. The molecule has 5 heteroatoms. The second kappa shape index (κ2) is 8.90. The monoisotopic (exact) mass is 405 g/mol. The summed E-state index contributed by atoms with van der Waals surface area (Å²) >= 11 is 0. The molecule has 2 saturated heterocycles. The third kappa shape index (κ3) is 4.66. The first kappa shape index (κ1) is 20.5. The predicted molar refractivity (Wildman–Crippen MR) is 120 cm³/mol. The molecule has 0 aromatic heterocycles. The normalized spacial score (nSPS) is 19.9. The molecule has 2 aromatic carbocycles. The summed E-state index contributed by atoms with van der Waals surface area (Å²) in [6.45, 7) is 6.23. The number of hydrogen-bond acceptors (Lipinski definition) is 2. The van der Waals surface area contributed by atoms with Crippen LogP contribution >= 0.6 is 0 Å². The lowest BCUT2D eigenvalue weighted by atomic mass is 9.90. The molecule has 5 nitrogen and oxygen atoms in total. The zero-order chi connectivity index (χ0) is 21.1. The molecule has 0 unspecified atom stereocenters. The summed E-state index contributed by atoms with van der Waals surface area (Å²) in [5.74, 6) is 0.704. The molecule has 3 amide bonds. The van der Waals surface area contributed by atoms with Gasteiger partial charge < -0.3 is 15.1 Å². The van der Waals surface area contributed by atoms with Crippen LogP contribution in [-0.4, -0.2) is 42.5 Å². The van der Waals surface area contributed by atoms with Crippen LogP contribution in [0.3, 0.4) is 0 Å². The van der Waals surface area contributed by atoms with Gasteiger partial charge in [-0.2, -0.15) is 0 Å². The van der Waals surface area contributed by atoms with Gasteiger partial charge in [-0.1, -0.05) is 36.4 Å². The molecule has 158 valence electrons. The van der Waals surface area contributed by atoms with E-state index in [1.807, 2.05) is 23.1 Å². The number of carbonyl (C=O) groups is 2. The first-order valence-corrected chi connectivity index (χ1v) is 11.0. The fraction of sp³-hybridized carbons (Fsp3) is 0.440. The molecule has 2 aliphatic rings. The minimum atomic E-state index is -0.131. The average Bonchev–Trinajstić information content (AvgIpc) is 3.11. The van der Waals surface area contributed by atoms with Crippen LogP contribution in [-0.2, 0) is 11.2 Å². The molecule has 2 aliphatic heterocycles. The highest BCUT2D eigenvalue weighted by atomic mass is 16.2. The van der Waals surface area contributed by atoms with Crippen molar-refractivity contribution < 1.29 is 9.59 Å². The summed E-state index contributed by atoms with van der Waals surface area (Å²) in [7, 11) is 0. The van der Waals surface area contributed by atoms with Crippen LogP contribution in [0.1, 0.15) is 36.0 Å². The van der Waals surface area contributed by atoms with Crippen molar-refractivity contribution in [3.05, 3.63) is 65.2 Å². The van der Waals surface area contributed by atoms with E-state index in [-0.39, 0.29) is 18.0 Å². The fourth-order valence-electron chi connectivity index (χ4n) is 4.50. The first-order chi connectivity index (χ1) is 14.5. The van der Waals surface area contributed by atoms with E-state index in [0.717, 1.165) is 38.0 Å². The van der Waals surface area contributed by atoms with Crippen LogP contribution in [0.5, 0.6) is 0 Å². The number of benzene rings is 2. The average molecular weight is 406 g/mol. The SMILES string of the molecule is Cc1ccc(N2C[C@H](NC(=O)N3CCC(Cc4ccccc4)CC3)CC2=O)cc1C. The lowest BCUT2D eigenvalue weighted by Gasteiger charge is -2.33. The summed E-state index contributed by atoms with van der Waals surface area (Å²) in [4.78, 5) is 29.0.